The van der Waals surface area contributed by atoms with Gasteiger partial charge in [-0.2, -0.15) is 0 Å². The Bertz CT molecular complexity index is 4870. The van der Waals surface area contributed by atoms with Crippen LogP contribution in [0.4, 0.5) is 0 Å². The maximum atomic E-state index is 12.5. The van der Waals surface area contributed by atoms with Gasteiger partial charge in [0.25, 0.3) is 0 Å². The van der Waals surface area contributed by atoms with E-state index >= 15 is 0 Å². The van der Waals surface area contributed by atoms with E-state index in [4.69, 9.17) is 125 Å². The first-order valence-corrected chi connectivity index (χ1v) is 44.1. The van der Waals surface area contributed by atoms with E-state index in [1.165, 1.54) is 54.1 Å². The highest BCUT2D eigenvalue weighted by molar-refractivity contribution is 7.91. The number of hydrogen-bond donors (Lipinski definition) is 18. The zero-order valence-corrected chi connectivity index (χ0v) is 74.6. The zero-order chi connectivity index (χ0) is 95.7. The first-order chi connectivity index (χ1) is 64.3. The topological polar surface area (TPSA) is 472 Å². The summed E-state index contributed by atoms with van der Waals surface area (Å²) >= 11 is 0. The van der Waals surface area contributed by atoms with E-state index in [1.54, 1.807) is 48.5 Å². The number of ether oxygens (including phenoxy) is 8. The molecule has 1 heterocycles. The van der Waals surface area contributed by atoms with Crippen molar-refractivity contribution in [1.29, 1.82) is 0 Å². The molecule has 13 rings (SSSR count). The van der Waals surface area contributed by atoms with Crippen LogP contribution in [0.15, 0.2) is 319 Å². The molecule has 0 aliphatic carbocycles. The summed E-state index contributed by atoms with van der Waals surface area (Å²) in [5, 5.41) is 158. The standard InChI is InChI=1S/C19H22O4.C15H16O6S.C15H16O3.C10H14O3.C9H12O4.3C9H12O2.C8H10O2/c20-11-10-19(12-21)13-22-18(23-14-19)17-8-6-16(7-9-17)15-4-2-1-3-5-15;16-9-10-20-12-1-5-14(6-2-12)22(18,19)15-7-3-13(4-8-15)21-11-17;16-10-9-12-1-5-14(6-2-12)18-15-7-3-13(11-17)4-8-15;11-6-10(7-12)13-8-9-4-2-1-3-5-9;10-5-6-12-8-1-3-9(4-2-8)13-7-11;2*10-6-5-8-1-3-9(7-11)4-2-8;10-6-9(7-11)8-4-2-1-3-5-8;9-5-7-1-2-8(6-10)4-3-7/h1-9,18,20-21H,10-14H2;1-8,16-17H,9-11H2;1-8,16-17H,9-11H2;1-5,10-12H,6-8H2;1-4,10-11H,5-7H2;2*1-4,10-11H,5-7H2;1-5,9-11H,6-7H2;1-4,9-10H,5-6H2. The van der Waals surface area contributed by atoms with E-state index in [-0.39, 0.29) is 141 Å². The third-order valence-corrected chi connectivity index (χ3v) is 21.1. The lowest BCUT2D eigenvalue weighted by molar-refractivity contribution is -0.244. The summed E-state index contributed by atoms with van der Waals surface area (Å²) in [6.45, 7) is 1.21. The molecule has 0 aromatic heterocycles. The molecule has 132 heavy (non-hydrogen) atoms. The Labute approximate surface area is 771 Å². The second kappa shape index (κ2) is 67.0. The minimum absolute atomic E-state index is 0.000509. The highest BCUT2D eigenvalue weighted by Crippen LogP contribution is 2.35. The smallest absolute Gasteiger partial charge is 0.206 e. The fourth-order valence-electron chi connectivity index (χ4n) is 11.7. The molecule has 1 saturated heterocycles. The molecule has 0 unspecified atom stereocenters. The fourth-order valence-corrected chi connectivity index (χ4v) is 13.0. The molecule has 12 aromatic carbocycles. The van der Waals surface area contributed by atoms with Gasteiger partial charge in [-0.1, -0.05) is 212 Å². The lowest BCUT2D eigenvalue weighted by atomic mass is 9.87. The van der Waals surface area contributed by atoms with Gasteiger partial charge in [-0.15, -0.1) is 0 Å². The van der Waals surface area contributed by atoms with E-state index in [0.717, 1.165) is 78.3 Å². The van der Waals surface area contributed by atoms with Crippen molar-refractivity contribution in [2.75, 3.05) is 113 Å². The molecule has 12 aromatic rings. The van der Waals surface area contributed by atoms with Gasteiger partial charge in [0.2, 0.25) is 9.84 Å². The van der Waals surface area contributed by atoms with Gasteiger partial charge in [0.1, 0.15) is 53.8 Å². The molecule has 0 amide bonds. The van der Waals surface area contributed by atoms with Crippen LogP contribution >= 0.6 is 0 Å². The Morgan fingerprint density at radius 3 is 0.955 bits per heavy atom. The molecule has 0 atom stereocenters. The van der Waals surface area contributed by atoms with E-state index in [2.05, 4.69) is 24.3 Å². The molecule has 712 valence electrons. The van der Waals surface area contributed by atoms with Crippen LogP contribution in [0.3, 0.4) is 0 Å². The van der Waals surface area contributed by atoms with Crippen LogP contribution in [0.25, 0.3) is 11.1 Å². The highest BCUT2D eigenvalue weighted by Gasteiger charge is 2.37. The van der Waals surface area contributed by atoms with Crippen molar-refractivity contribution < 1.29 is 138 Å². The van der Waals surface area contributed by atoms with Crippen LogP contribution in [-0.2, 0) is 83.0 Å². The molecule has 29 heteroatoms. The molecule has 1 aliphatic heterocycles. The molecule has 0 spiro atoms. The van der Waals surface area contributed by atoms with Gasteiger partial charge in [0.05, 0.1) is 109 Å². The lowest BCUT2D eigenvalue weighted by Gasteiger charge is -2.38. The van der Waals surface area contributed by atoms with Crippen molar-refractivity contribution >= 4 is 9.84 Å². The number of hydrogen-bond acceptors (Lipinski definition) is 28. The van der Waals surface area contributed by atoms with Crippen LogP contribution < -0.4 is 23.7 Å². The molecular formula is C103H126O28S. The SMILES string of the molecule is O=S(=O)(c1ccc(OCO)cc1)c1ccc(OCCO)cc1.OCC(CO)OCc1ccccc1.OCC(CO)c1ccccc1.OCCC1(CO)COC(c2ccc(-c3ccccc3)cc2)OC1.OCCOc1ccc(OCO)cc1.OCCc1ccc(CO)cc1.OCCc1ccc(CO)cc1.OCCc1ccc(Oc2ccc(CO)cc2)cc1.OCc1ccc(CO)cc1. The van der Waals surface area contributed by atoms with Crippen molar-refractivity contribution in [3.63, 3.8) is 0 Å². The third-order valence-electron chi connectivity index (χ3n) is 19.3. The second-order valence-electron chi connectivity index (χ2n) is 29.0. The minimum Gasteiger partial charge on any atom is -0.491 e. The average Bonchev–Trinajstić information content (AvgIpc) is 0.806. The second-order valence-corrected chi connectivity index (χ2v) is 30.9. The van der Waals surface area contributed by atoms with Crippen molar-refractivity contribution in [2.24, 2.45) is 5.41 Å². The largest absolute Gasteiger partial charge is 0.491 e. The summed E-state index contributed by atoms with van der Waals surface area (Å²) < 4.78 is 67.3. The van der Waals surface area contributed by atoms with Crippen molar-refractivity contribution in [1.82, 2.24) is 0 Å². The van der Waals surface area contributed by atoms with Gasteiger partial charge < -0.3 is 130 Å². The number of sulfone groups is 1. The first kappa shape index (κ1) is 111. The molecule has 0 saturated carbocycles. The number of aliphatic hydroxyl groups is 18. The third kappa shape index (κ3) is 43.0. The fraction of sp³-hybridized carbons (Fsp3) is 0.301. The summed E-state index contributed by atoms with van der Waals surface area (Å²) in [4.78, 5) is 0.265. The van der Waals surface area contributed by atoms with Crippen LogP contribution in [-0.4, -0.2) is 219 Å². The van der Waals surface area contributed by atoms with Crippen LogP contribution in [0, 0.1) is 5.41 Å². The van der Waals surface area contributed by atoms with E-state index in [1.807, 2.05) is 188 Å². The van der Waals surface area contributed by atoms with Crippen molar-refractivity contribution in [3.05, 3.63) is 371 Å². The summed E-state index contributed by atoms with van der Waals surface area (Å²) in [5.41, 5.74) is 12.5. The van der Waals surface area contributed by atoms with Gasteiger partial charge in [-0.3, -0.25) is 0 Å². The summed E-state index contributed by atoms with van der Waals surface area (Å²) in [7, 11) is -3.63. The van der Waals surface area contributed by atoms with Gasteiger partial charge in [-0.05, 0) is 190 Å². The number of aliphatic hydroxyl groups excluding tert-OH is 18. The maximum Gasteiger partial charge on any atom is 0.206 e. The summed E-state index contributed by atoms with van der Waals surface area (Å²) in [5.74, 6) is 3.49. The number of rotatable bonds is 38. The molecular weight excluding hydrogens is 1720 g/mol. The molecule has 1 aliphatic rings. The molecule has 0 radical (unpaired) electrons. The van der Waals surface area contributed by atoms with Crippen molar-refractivity contribution in [3.8, 4) is 45.6 Å². The van der Waals surface area contributed by atoms with Crippen LogP contribution in [0.5, 0.6) is 34.5 Å². The quantitative estimate of drug-likeness (QED) is 0.0160. The maximum absolute atomic E-state index is 12.5. The predicted octanol–water partition coefficient (Wildman–Crippen LogP) is 10.3. The summed E-state index contributed by atoms with van der Waals surface area (Å²) in [6.07, 6.45) is 1.62. The average molecular weight is 1840 g/mol. The van der Waals surface area contributed by atoms with E-state index in [9.17, 15) is 13.5 Å². The Balaban J connectivity index is 0.000000267. The van der Waals surface area contributed by atoms with Gasteiger partial charge in [0.15, 0.2) is 19.9 Å². The monoisotopic (exact) mass is 1840 g/mol. The van der Waals surface area contributed by atoms with Crippen LogP contribution in [0.2, 0.25) is 0 Å². The summed E-state index contributed by atoms with van der Waals surface area (Å²) in [6, 6.07) is 93.3. The van der Waals surface area contributed by atoms with Gasteiger partial charge >= 0.3 is 0 Å². The zero-order valence-electron chi connectivity index (χ0n) is 73.8. The predicted molar refractivity (Wildman–Crippen MR) is 500 cm³/mol. The van der Waals surface area contributed by atoms with Crippen molar-refractivity contribution in [2.45, 2.75) is 93.4 Å². The highest BCUT2D eigenvalue weighted by atomic mass is 32.2. The molecule has 1 fully saturated rings. The normalized spacial score (nSPS) is 12.8. The van der Waals surface area contributed by atoms with Gasteiger partial charge in [-0.25, -0.2) is 8.42 Å². The Morgan fingerprint density at radius 2 is 0.629 bits per heavy atom. The Morgan fingerprint density at radius 1 is 0.311 bits per heavy atom. The minimum atomic E-state index is -3.63. The molecule has 18 N–H and O–H groups in total. The number of benzene rings is 12. The first-order valence-electron chi connectivity index (χ1n) is 42.6. The van der Waals surface area contributed by atoms with Gasteiger partial charge in [0, 0.05) is 43.3 Å². The lowest BCUT2D eigenvalue weighted by Crippen LogP contribution is -2.42. The Kier molecular flexibility index (Phi) is 56.5. The molecule has 28 nitrogen and oxygen atoms in total. The van der Waals surface area contributed by atoms with Crippen LogP contribution in [0.1, 0.15) is 79.8 Å². The van der Waals surface area contributed by atoms with E-state index in [0.29, 0.717) is 68.5 Å². The Hall–Kier alpha value is -11.3. The molecule has 0 bridgehead atoms. The van der Waals surface area contributed by atoms with E-state index < -0.39 is 34.4 Å².